The van der Waals surface area contributed by atoms with E-state index in [2.05, 4.69) is 23.3 Å². The zero-order valence-corrected chi connectivity index (χ0v) is 13.6. The van der Waals surface area contributed by atoms with E-state index in [1.807, 2.05) is 24.5 Å². The van der Waals surface area contributed by atoms with Crippen molar-refractivity contribution in [3.63, 3.8) is 0 Å². The molecule has 2 fully saturated rings. The second kappa shape index (κ2) is 6.29. The number of fused-ring (bicyclic) bond motifs is 2. The molecule has 0 radical (unpaired) electrons. The quantitative estimate of drug-likeness (QED) is 0.864. The van der Waals surface area contributed by atoms with Gasteiger partial charge in [0, 0.05) is 23.0 Å². The molecule has 3 rings (SSSR count). The Balaban J connectivity index is 1.77. The van der Waals surface area contributed by atoms with Gasteiger partial charge in [-0.3, -0.25) is 0 Å². The van der Waals surface area contributed by atoms with Gasteiger partial charge in [-0.1, -0.05) is 12.5 Å². The first-order valence-corrected chi connectivity index (χ1v) is 9.01. The topological polar surface area (TPSA) is 39.1 Å². The van der Waals surface area contributed by atoms with Crippen molar-refractivity contribution in [2.24, 2.45) is 0 Å². The summed E-state index contributed by atoms with van der Waals surface area (Å²) < 4.78 is 0. The monoisotopic (exact) mass is 301 g/mol. The van der Waals surface area contributed by atoms with Gasteiger partial charge in [-0.25, -0.2) is 0 Å². The van der Waals surface area contributed by atoms with Crippen molar-refractivity contribution >= 4 is 17.4 Å². The van der Waals surface area contributed by atoms with E-state index in [1.165, 1.54) is 32.1 Å². The maximum absolute atomic E-state index is 9.45. The average Bonchev–Trinajstić information content (AvgIpc) is 2.48. The van der Waals surface area contributed by atoms with Crippen molar-refractivity contribution in [1.82, 2.24) is 4.90 Å². The number of rotatable bonds is 3. The molecule has 2 aliphatic rings. The number of benzene rings is 1. The molecule has 2 unspecified atom stereocenters. The predicted molar refractivity (Wildman–Crippen MR) is 88.8 cm³/mol. The Morgan fingerprint density at radius 3 is 2.62 bits per heavy atom. The van der Waals surface area contributed by atoms with Crippen LogP contribution in [-0.4, -0.2) is 36.3 Å². The van der Waals surface area contributed by atoms with Gasteiger partial charge in [0.2, 0.25) is 0 Å². The van der Waals surface area contributed by atoms with Gasteiger partial charge < -0.3 is 10.2 Å². The minimum atomic E-state index is 0.501. The minimum absolute atomic E-state index is 0.501. The van der Waals surface area contributed by atoms with E-state index in [-0.39, 0.29) is 0 Å². The van der Waals surface area contributed by atoms with E-state index in [9.17, 15) is 5.26 Å². The molecule has 4 heteroatoms. The fourth-order valence-corrected chi connectivity index (χ4v) is 4.46. The number of hydrogen-bond acceptors (Lipinski definition) is 4. The maximum atomic E-state index is 9.45. The summed E-state index contributed by atoms with van der Waals surface area (Å²) in [4.78, 5) is 3.64. The van der Waals surface area contributed by atoms with Crippen molar-refractivity contribution in [2.45, 2.75) is 55.1 Å². The molecule has 0 saturated carbocycles. The average molecular weight is 301 g/mol. The summed E-state index contributed by atoms with van der Waals surface area (Å²) in [5, 5.41) is 13.1. The number of piperidine rings is 2. The molecule has 2 aliphatic heterocycles. The van der Waals surface area contributed by atoms with Gasteiger partial charge >= 0.3 is 0 Å². The van der Waals surface area contributed by atoms with Gasteiger partial charge in [-0.2, -0.15) is 5.26 Å². The van der Waals surface area contributed by atoms with Gasteiger partial charge in [-0.05, 0) is 51.1 Å². The lowest BCUT2D eigenvalue weighted by Crippen LogP contribution is -2.52. The normalized spacial score (nSPS) is 28.9. The van der Waals surface area contributed by atoms with Crippen LogP contribution in [-0.2, 0) is 0 Å². The van der Waals surface area contributed by atoms with Crippen molar-refractivity contribution < 1.29 is 0 Å². The third kappa shape index (κ3) is 2.90. The molecule has 3 nitrogen and oxygen atoms in total. The van der Waals surface area contributed by atoms with Crippen molar-refractivity contribution in [2.75, 3.05) is 18.6 Å². The Kier molecular flexibility index (Phi) is 4.42. The summed E-state index contributed by atoms with van der Waals surface area (Å²) in [5.41, 5.74) is 1.81. The minimum Gasteiger partial charge on any atom is -0.381 e. The molecule has 0 aromatic heterocycles. The van der Waals surface area contributed by atoms with Crippen LogP contribution in [0.25, 0.3) is 0 Å². The molecule has 0 spiro atoms. The lowest BCUT2D eigenvalue weighted by atomic mass is 9.82. The largest absolute Gasteiger partial charge is 0.381 e. The second-order valence-corrected chi connectivity index (χ2v) is 7.06. The summed E-state index contributed by atoms with van der Waals surface area (Å²) in [7, 11) is 2.28. The van der Waals surface area contributed by atoms with Crippen LogP contribution < -0.4 is 5.32 Å². The number of hydrogen-bond donors (Lipinski definition) is 1. The van der Waals surface area contributed by atoms with Crippen LogP contribution in [0, 0.1) is 11.3 Å². The molecule has 21 heavy (non-hydrogen) atoms. The molecule has 2 bridgehead atoms. The SMILES string of the molecule is CSc1cccc(NC2CC3CCCC(C2)N3C)c1C#N. The van der Waals surface area contributed by atoms with Crippen LogP contribution in [0.3, 0.4) is 0 Å². The lowest BCUT2D eigenvalue weighted by Gasteiger charge is -2.47. The fraction of sp³-hybridized carbons (Fsp3) is 0.588. The third-order valence-electron chi connectivity index (χ3n) is 5.06. The van der Waals surface area contributed by atoms with Gasteiger partial charge in [0.25, 0.3) is 0 Å². The lowest BCUT2D eigenvalue weighted by molar-refractivity contribution is 0.0608. The summed E-state index contributed by atoms with van der Waals surface area (Å²) in [6.45, 7) is 0. The zero-order valence-electron chi connectivity index (χ0n) is 12.8. The highest BCUT2D eigenvalue weighted by Gasteiger charge is 2.36. The van der Waals surface area contributed by atoms with Crippen LogP contribution in [0.2, 0.25) is 0 Å². The van der Waals surface area contributed by atoms with E-state index >= 15 is 0 Å². The van der Waals surface area contributed by atoms with Crippen LogP contribution in [0.15, 0.2) is 23.1 Å². The van der Waals surface area contributed by atoms with E-state index in [1.54, 1.807) is 11.8 Å². The summed E-state index contributed by atoms with van der Waals surface area (Å²) in [5.74, 6) is 0. The highest BCUT2D eigenvalue weighted by atomic mass is 32.2. The van der Waals surface area contributed by atoms with E-state index in [0.29, 0.717) is 18.1 Å². The maximum Gasteiger partial charge on any atom is 0.102 e. The molecule has 1 aromatic rings. The fourth-order valence-electron chi connectivity index (χ4n) is 3.89. The first-order valence-electron chi connectivity index (χ1n) is 7.78. The number of thioether (sulfide) groups is 1. The van der Waals surface area contributed by atoms with Gasteiger partial charge in [-0.15, -0.1) is 11.8 Å². The molecule has 1 N–H and O–H groups in total. The van der Waals surface area contributed by atoms with Crippen LogP contribution in [0.4, 0.5) is 5.69 Å². The van der Waals surface area contributed by atoms with Crippen molar-refractivity contribution in [3.05, 3.63) is 23.8 Å². The Morgan fingerprint density at radius 1 is 1.29 bits per heavy atom. The zero-order chi connectivity index (χ0) is 14.8. The Hall–Kier alpha value is -1.18. The highest BCUT2D eigenvalue weighted by Crippen LogP contribution is 2.35. The highest BCUT2D eigenvalue weighted by molar-refractivity contribution is 7.98. The summed E-state index contributed by atoms with van der Waals surface area (Å²) >= 11 is 1.64. The van der Waals surface area contributed by atoms with E-state index in [0.717, 1.165) is 16.1 Å². The first-order chi connectivity index (χ1) is 10.2. The smallest absolute Gasteiger partial charge is 0.102 e. The van der Waals surface area contributed by atoms with Gasteiger partial charge in [0.15, 0.2) is 0 Å². The van der Waals surface area contributed by atoms with E-state index < -0.39 is 0 Å². The Labute approximate surface area is 131 Å². The molecule has 0 amide bonds. The van der Waals surface area contributed by atoms with Crippen molar-refractivity contribution in [1.29, 1.82) is 5.26 Å². The van der Waals surface area contributed by atoms with Crippen LogP contribution in [0.5, 0.6) is 0 Å². The number of anilines is 1. The van der Waals surface area contributed by atoms with Crippen LogP contribution in [0.1, 0.15) is 37.7 Å². The van der Waals surface area contributed by atoms with E-state index in [4.69, 9.17) is 0 Å². The third-order valence-corrected chi connectivity index (χ3v) is 5.84. The Bertz CT molecular complexity index is 537. The molecule has 2 atom stereocenters. The number of nitrogens with zero attached hydrogens (tertiary/aromatic N) is 2. The second-order valence-electron chi connectivity index (χ2n) is 6.21. The molecule has 2 saturated heterocycles. The number of nitrogens with one attached hydrogen (secondary N) is 1. The molecular weight excluding hydrogens is 278 g/mol. The molecule has 112 valence electrons. The number of nitriles is 1. The van der Waals surface area contributed by atoms with Crippen LogP contribution >= 0.6 is 11.8 Å². The van der Waals surface area contributed by atoms with Crippen molar-refractivity contribution in [3.8, 4) is 6.07 Å². The molecule has 2 heterocycles. The summed E-state index contributed by atoms with van der Waals surface area (Å²) in [6.07, 6.45) is 8.43. The molecule has 1 aromatic carbocycles. The standard InChI is InChI=1S/C17H23N3S/c1-20-13-5-3-6-14(20)10-12(9-13)19-16-7-4-8-17(21-2)15(16)11-18/h4,7-8,12-14,19H,3,5-6,9-10H2,1-2H3. The first kappa shape index (κ1) is 14.7. The molecular formula is C17H23N3S. The Morgan fingerprint density at radius 2 is 2.00 bits per heavy atom. The summed E-state index contributed by atoms with van der Waals surface area (Å²) in [6, 6.07) is 10.4. The molecule has 0 aliphatic carbocycles. The van der Waals surface area contributed by atoms with Gasteiger partial charge in [0.05, 0.1) is 11.3 Å². The van der Waals surface area contributed by atoms with Gasteiger partial charge in [0.1, 0.15) is 6.07 Å². The predicted octanol–water partition coefficient (Wildman–Crippen LogP) is 3.71.